The molecule has 1 aromatic carbocycles. The zero-order valence-corrected chi connectivity index (χ0v) is 11.7. The number of hydrogen-bond donors (Lipinski definition) is 0. The molecule has 0 radical (unpaired) electrons. The number of rotatable bonds is 7. The number of unbranched alkanes of at least 4 members (excludes halogenated alkanes) is 2. The number of likely N-dealkylation sites (tertiary alicyclic amines) is 1. The maximum Gasteiger partial charge on any atom is 0.225 e. The quantitative estimate of drug-likeness (QED) is 0.704. The summed E-state index contributed by atoms with van der Waals surface area (Å²) >= 11 is 0. The molecule has 1 aliphatic heterocycles. The molecule has 0 aliphatic carbocycles. The lowest BCUT2D eigenvalue weighted by atomic mass is 10.2. The van der Waals surface area contributed by atoms with Crippen molar-refractivity contribution in [3.8, 4) is 0 Å². The van der Waals surface area contributed by atoms with Crippen molar-refractivity contribution < 1.29 is 9.53 Å². The molecule has 1 unspecified atom stereocenters. The Morgan fingerprint density at radius 1 is 1.26 bits per heavy atom. The molecule has 1 aliphatic rings. The van der Waals surface area contributed by atoms with E-state index in [1.165, 1.54) is 18.4 Å². The maximum atomic E-state index is 11.9. The van der Waals surface area contributed by atoms with Crippen molar-refractivity contribution in [3.63, 3.8) is 0 Å². The second kappa shape index (κ2) is 7.29. The number of amides is 1. The Morgan fingerprint density at radius 2 is 2.05 bits per heavy atom. The van der Waals surface area contributed by atoms with Gasteiger partial charge in [0, 0.05) is 26.0 Å². The van der Waals surface area contributed by atoms with Crippen LogP contribution in [0.1, 0.15) is 44.6 Å². The second-order valence-electron chi connectivity index (χ2n) is 5.08. The molecule has 0 aromatic heterocycles. The summed E-state index contributed by atoms with van der Waals surface area (Å²) in [7, 11) is 0. The SMILES string of the molecule is CCCCCOC1CCC(=O)N1Cc1ccccc1. The summed E-state index contributed by atoms with van der Waals surface area (Å²) in [6, 6.07) is 10.1. The third kappa shape index (κ3) is 4.06. The van der Waals surface area contributed by atoms with Gasteiger partial charge in [-0.15, -0.1) is 0 Å². The van der Waals surface area contributed by atoms with Gasteiger partial charge in [0.2, 0.25) is 5.91 Å². The minimum absolute atomic E-state index is 0.0236. The molecule has 1 saturated heterocycles. The van der Waals surface area contributed by atoms with Crippen LogP contribution in [0.3, 0.4) is 0 Å². The van der Waals surface area contributed by atoms with Crippen LogP contribution in [-0.2, 0) is 16.1 Å². The Kier molecular flexibility index (Phi) is 5.40. The fraction of sp³-hybridized carbons (Fsp3) is 0.562. The van der Waals surface area contributed by atoms with Crippen molar-refractivity contribution in [1.82, 2.24) is 4.90 Å². The number of nitrogens with zero attached hydrogens (tertiary/aromatic N) is 1. The predicted molar refractivity (Wildman–Crippen MR) is 75.5 cm³/mol. The lowest BCUT2D eigenvalue weighted by Crippen LogP contribution is -2.34. The lowest BCUT2D eigenvalue weighted by molar-refractivity contribution is -0.137. The van der Waals surface area contributed by atoms with Crippen LogP contribution in [0.4, 0.5) is 0 Å². The summed E-state index contributed by atoms with van der Waals surface area (Å²) in [5, 5.41) is 0. The van der Waals surface area contributed by atoms with Crippen LogP contribution in [0.15, 0.2) is 30.3 Å². The summed E-state index contributed by atoms with van der Waals surface area (Å²) in [5.74, 6) is 0.212. The molecule has 3 heteroatoms. The highest BCUT2D eigenvalue weighted by molar-refractivity contribution is 5.78. The van der Waals surface area contributed by atoms with Gasteiger partial charge < -0.3 is 9.64 Å². The number of benzene rings is 1. The molecule has 1 heterocycles. The van der Waals surface area contributed by atoms with Gasteiger partial charge in [-0.25, -0.2) is 0 Å². The van der Waals surface area contributed by atoms with Crippen molar-refractivity contribution in [2.45, 2.75) is 51.8 Å². The Bertz CT molecular complexity index is 391. The minimum Gasteiger partial charge on any atom is -0.358 e. The van der Waals surface area contributed by atoms with Crippen LogP contribution in [0.25, 0.3) is 0 Å². The number of carbonyl (C=O) groups excluding carboxylic acids is 1. The summed E-state index contributed by atoms with van der Waals surface area (Å²) in [4.78, 5) is 13.8. The smallest absolute Gasteiger partial charge is 0.225 e. The van der Waals surface area contributed by atoms with Gasteiger partial charge in [-0.2, -0.15) is 0 Å². The maximum absolute atomic E-state index is 11.9. The number of ether oxygens (including phenoxy) is 1. The summed E-state index contributed by atoms with van der Waals surface area (Å²) < 4.78 is 5.87. The van der Waals surface area contributed by atoms with Crippen molar-refractivity contribution in [3.05, 3.63) is 35.9 Å². The zero-order valence-electron chi connectivity index (χ0n) is 11.7. The molecule has 104 valence electrons. The first-order valence-electron chi connectivity index (χ1n) is 7.26. The van der Waals surface area contributed by atoms with Crippen LogP contribution < -0.4 is 0 Å². The van der Waals surface area contributed by atoms with Crippen molar-refractivity contribution in [1.29, 1.82) is 0 Å². The average molecular weight is 261 g/mol. The van der Waals surface area contributed by atoms with E-state index in [2.05, 4.69) is 19.1 Å². The van der Waals surface area contributed by atoms with E-state index in [0.29, 0.717) is 13.0 Å². The Labute approximate surface area is 115 Å². The van der Waals surface area contributed by atoms with E-state index in [0.717, 1.165) is 19.4 Å². The van der Waals surface area contributed by atoms with Gasteiger partial charge >= 0.3 is 0 Å². The monoisotopic (exact) mass is 261 g/mol. The summed E-state index contributed by atoms with van der Waals surface area (Å²) in [6.07, 6.45) is 4.90. The fourth-order valence-electron chi connectivity index (χ4n) is 2.42. The van der Waals surface area contributed by atoms with Gasteiger partial charge in [-0.05, 0) is 12.0 Å². The van der Waals surface area contributed by atoms with Gasteiger partial charge in [-0.1, -0.05) is 50.1 Å². The molecule has 19 heavy (non-hydrogen) atoms. The normalized spacial score (nSPS) is 19.1. The van der Waals surface area contributed by atoms with E-state index in [1.54, 1.807) is 0 Å². The molecule has 1 atom stereocenters. The molecule has 1 fully saturated rings. The largest absolute Gasteiger partial charge is 0.358 e. The van der Waals surface area contributed by atoms with Crippen LogP contribution in [0.5, 0.6) is 0 Å². The molecule has 1 aromatic rings. The predicted octanol–water partition coefficient (Wildman–Crippen LogP) is 3.34. The molecular weight excluding hydrogens is 238 g/mol. The van der Waals surface area contributed by atoms with Crippen LogP contribution in [0.2, 0.25) is 0 Å². The summed E-state index contributed by atoms with van der Waals surface area (Å²) in [6.45, 7) is 3.61. The second-order valence-corrected chi connectivity index (χ2v) is 5.08. The molecule has 0 spiro atoms. The van der Waals surface area contributed by atoms with E-state index in [1.807, 2.05) is 23.1 Å². The Hall–Kier alpha value is -1.35. The van der Waals surface area contributed by atoms with Gasteiger partial charge in [0.25, 0.3) is 0 Å². The van der Waals surface area contributed by atoms with Gasteiger partial charge in [0.15, 0.2) is 0 Å². The van der Waals surface area contributed by atoms with Crippen molar-refractivity contribution in [2.75, 3.05) is 6.61 Å². The van der Waals surface area contributed by atoms with Crippen LogP contribution in [0, 0.1) is 0 Å². The molecular formula is C16H23NO2. The number of carbonyl (C=O) groups is 1. The van der Waals surface area contributed by atoms with Crippen molar-refractivity contribution in [2.24, 2.45) is 0 Å². The minimum atomic E-state index is -0.0236. The average Bonchev–Trinajstić information content (AvgIpc) is 2.78. The summed E-state index contributed by atoms with van der Waals surface area (Å²) in [5.41, 5.74) is 1.17. The first-order chi connectivity index (χ1) is 9.31. The third-order valence-electron chi connectivity index (χ3n) is 3.53. The standard InChI is InChI=1S/C16H23NO2/c1-2-3-7-12-19-16-11-10-15(18)17(16)13-14-8-5-4-6-9-14/h4-6,8-9,16H,2-3,7,10-13H2,1H3. The molecule has 1 amide bonds. The first kappa shape index (κ1) is 14.1. The lowest BCUT2D eigenvalue weighted by Gasteiger charge is -2.25. The van der Waals surface area contributed by atoms with Crippen LogP contribution >= 0.6 is 0 Å². The van der Waals surface area contributed by atoms with E-state index in [9.17, 15) is 4.79 Å². The van der Waals surface area contributed by atoms with Gasteiger partial charge in [-0.3, -0.25) is 4.79 Å². The third-order valence-corrected chi connectivity index (χ3v) is 3.53. The first-order valence-corrected chi connectivity index (χ1v) is 7.26. The van der Waals surface area contributed by atoms with E-state index >= 15 is 0 Å². The van der Waals surface area contributed by atoms with E-state index in [-0.39, 0.29) is 12.1 Å². The highest BCUT2D eigenvalue weighted by atomic mass is 16.5. The Balaban J connectivity index is 1.87. The molecule has 2 rings (SSSR count). The zero-order chi connectivity index (χ0) is 13.5. The molecule has 3 nitrogen and oxygen atoms in total. The fourth-order valence-corrected chi connectivity index (χ4v) is 2.42. The van der Waals surface area contributed by atoms with Gasteiger partial charge in [0.05, 0.1) is 0 Å². The highest BCUT2D eigenvalue weighted by Crippen LogP contribution is 2.22. The topological polar surface area (TPSA) is 29.5 Å². The van der Waals surface area contributed by atoms with Gasteiger partial charge in [0.1, 0.15) is 6.23 Å². The molecule has 0 bridgehead atoms. The number of hydrogen-bond acceptors (Lipinski definition) is 2. The van der Waals surface area contributed by atoms with Crippen molar-refractivity contribution >= 4 is 5.91 Å². The van der Waals surface area contributed by atoms with E-state index in [4.69, 9.17) is 4.74 Å². The molecule has 0 N–H and O–H groups in total. The van der Waals surface area contributed by atoms with E-state index < -0.39 is 0 Å². The van der Waals surface area contributed by atoms with Crippen LogP contribution in [-0.4, -0.2) is 23.6 Å². The highest BCUT2D eigenvalue weighted by Gasteiger charge is 2.31. The Morgan fingerprint density at radius 3 is 2.79 bits per heavy atom. The molecule has 0 saturated carbocycles.